The van der Waals surface area contributed by atoms with E-state index in [1.165, 1.54) is 0 Å². The van der Waals surface area contributed by atoms with Crippen LogP contribution < -0.4 is 33.2 Å². The van der Waals surface area contributed by atoms with Gasteiger partial charge in [-0.1, -0.05) is 0 Å². The normalized spacial score (nSPS) is 14.0. The van der Waals surface area contributed by atoms with Gasteiger partial charge in [0, 0.05) is 6.54 Å². The van der Waals surface area contributed by atoms with Crippen LogP contribution >= 0.6 is 0 Å². The fourth-order valence-corrected chi connectivity index (χ4v) is 2.35. The van der Waals surface area contributed by atoms with Crippen LogP contribution in [-0.4, -0.2) is 87.6 Å². The van der Waals surface area contributed by atoms with Crippen molar-refractivity contribution in [3.8, 4) is 0 Å². The van der Waals surface area contributed by atoms with Crippen LogP contribution in [0, 0.1) is 0 Å². The van der Waals surface area contributed by atoms with E-state index in [9.17, 15) is 28.8 Å². The first-order chi connectivity index (χ1) is 15.2. The molecule has 4 unspecified atom stereocenters. The maximum Gasteiger partial charge on any atom is 0.325 e. The fourth-order valence-electron chi connectivity index (χ4n) is 2.35. The zero-order valence-corrected chi connectivity index (χ0v) is 17.8. The molecule has 0 radical (unpaired) electrons. The molecule has 12 N–H and O–H groups in total. The number of carbonyl (C=O) groups excluding carboxylic acids is 3. The lowest BCUT2D eigenvalue weighted by Crippen LogP contribution is -2.57. The summed E-state index contributed by atoms with van der Waals surface area (Å²) in [5, 5.41) is 33.0. The lowest BCUT2D eigenvalue weighted by atomic mass is 10.1. The smallest absolute Gasteiger partial charge is 0.325 e. The molecule has 0 aromatic carbocycles. The number of hydrogen-bond donors (Lipinski definition) is 9. The van der Waals surface area contributed by atoms with E-state index >= 15 is 0 Å². The summed E-state index contributed by atoms with van der Waals surface area (Å²) >= 11 is 0. The average Bonchev–Trinajstić information content (AvgIpc) is 2.68. The Kier molecular flexibility index (Phi) is 12.5. The highest BCUT2D eigenvalue weighted by molar-refractivity contribution is 5.96. The number of guanidine groups is 1. The number of hydrogen-bond acceptors (Lipinski definition) is 8. The molecule has 0 aliphatic rings. The van der Waals surface area contributed by atoms with Gasteiger partial charge in [-0.05, 0) is 19.8 Å². The van der Waals surface area contributed by atoms with Crippen molar-refractivity contribution in [2.45, 2.75) is 56.8 Å². The SMILES string of the molecule is CC(NC(=O)C(CC(=O)O)NC(=O)C(CC(=O)O)NC(=O)C(N)CCCN=C(N)N)C(=O)O. The van der Waals surface area contributed by atoms with E-state index in [1.54, 1.807) is 0 Å². The molecule has 0 spiro atoms. The number of carbonyl (C=O) groups is 6. The van der Waals surface area contributed by atoms with Gasteiger partial charge in [0.25, 0.3) is 0 Å². The predicted molar refractivity (Wildman–Crippen MR) is 111 cm³/mol. The van der Waals surface area contributed by atoms with E-state index in [0.717, 1.165) is 6.92 Å². The van der Waals surface area contributed by atoms with Crippen LogP contribution in [0.4, 0.5) is 0 Å². The van der Waals surface area contributed by atoms with E-state index in [-0.39, 0.29) is 18.9 Å². The molecule has 0 aromatic heterocycles. The number of carboxylic acids is 3. The summed E-state index contributed by atoms with van der Waals surface area (Å²) in [7, 11) is 0. The molecule has 0 aromatic rings. The standard InChI is InChI=1S/C17H29N7O9/c1-7(16(32)33)22-14(30)9(5-11(25)26)24-15(31)10(6-12(27)28)23-13(29)8(18)3-2-4-21-17(19)20/h7-10H,2-6,18H2,1H3,(H,22,30)(H,23,29)(H,24,31)(H,25,26)(H,27,28)(H,32,33)(H4,19,20,21). The maximum absolute atomic E-state index is 12.5. The topological polar surface area (TPSA) is 290 Å². The molecule has 3 amide bonds. The molecule has 0 bridgehead atoms. The zero-order chi connectivity index (χ0) is 25.7. The minimum Gasteiger partial charge on any atom is -0.481 e. The van der Waals surface area contributed by atoms with E-state index in [4.69, 9.17) is 32.5 Å². The number of aliphatic carboxylic acids is 3. The molecule has 16 heteroatoms. The Morgan fingerprint density at radius 2 is 1.27 bits per heavy atom. The predicted octanol–water partition coefficient (Wildman–Crippen LogP) is -4.12. The Labute approximate surface area is 187 Å². The summed E-state index contributed by atoms with van der Waals surface area (Å²) in [5.41, 5.74) is 16.1. The highest BCUT2D eigenvalue weighted by Crippen LogP contribution is 2.02. The van der Waals surface area contributed by atoms with E-state index in [0.29, 0.717) is 6.42 Å². The highest BCUT2D eigenvalue weighted by atomic mass is 16.4. The first-order valence-electron chi connectivity index (χ1n) is 9.63. The second-order valence-electron chi connectivity index (χ2n) is 6.94. The number of nitrogens with one attached hydrogen (secondary N) is 3. The number of rotatable bonds is 15. The van der Waals surface area contributed by atoms with Crippen LogP contribution in [0.15, 0.2) is 4.99 Å². The van der Waals surface area contributed by atoms with Crippen LogP contribution in [0.5, 0.6) is 0 Å². The van der Waals surface area contributed by atoms with Crippen LogP contribution in [0.3, 0.4) is 0 Å². The van der Waals surface area contributed by atoms with Crippen LogP contribution in [0.25, 0.3) is 0 Å². The Hall–Kier alpha value is -3.95. The highest BCUT2D eigenvalue weighted by Gasteiger charge is 2.31. The molecule has 0 heterocycles. The number of nitrogens with zero attached hydrogens (tertiary/aromatic N) is 1. The summed E-state index contributed by atoms with van der Waals surface area (Å²) in [6.45, 7) is 1.30. The minimum absolute atomic E-state index is 0.0984. The molecular weight excluding hydrogens is 446 g/mol. The van der Waals surface area contributed by atoms with Gasteiger partial charge in [0.2, 0.25) is 17.7 Å². The van der Waals surface area contributed by atoms with Crippen molar-refractivity contribution < 1.29 is 44.1 Å². The molecule has 4 atom stereocenters. The van der Waals surface area contributed by atoms with Gasteiger partial charge in [-0.3, -0.25) is 33.8 Å². The Morgan fingerprint density at radius 1 is 0.818 bits per heavy atom. The second kappa shape index (κ2) is 14.2. The molecule has 0 saturated heterocycles. The molecular formula is C17H29N7O9. The molecule has 0 saturated carbocycles. The molecule has 0 aliphatic carbocycles. The first kappa shape index (κ1) is 29.0. The zero-order valence-electron chi connectivity index (χ0n) is 17.8. The molecule has 16 nitrogen and oxygen atoms in total. The molecule has 0 aliphatic heterocycles. The number of nitrogens with two attached hydrogens (primary N) is 3. The summed E-state index contributed by atoms with van der Waals surface area (Å²) in [6.07, 6.45) is -1.42. The monoisotopic (exact) mass is 475 g/mol. The maximum atomic E-state index is 12.5. The summed E-state index contributed by atoms with van der Waals surface area (Å²) in [6, 6.07) is -5.96. The number of aliphatic imine (C=N–C) groups is 1. The quantitative estimate of drug-likeness (QED) is 0.0620. The van der Waals surface area contributed by atoms with Crippen LogP contribution in [-0.2, 0) is 28.8 Å². The van der Waals surface area contributed by atoms with Crippen molar-refractivity contribution in [1.29, 1.82) is 0 Å². The van der Waals surface area contributed by atoms with Crippen molar-refractivity contribution in [2.75, 3.05) is 6.54 Å². The third-order valence-electron chi connectivity index (χ3n) is 4.06. The van der Waals surface area contributed by atoms with Gasteiger partial charge in [0.1, 0.15) is 18.1 Å². The van der Waals surface area contributed by atoms with Crippen LogP contribution in [0.2, 0.25) is 0 Å². The largest absolute Gasteiger partial charge is 0.481 e. The molecule has 33 heavy (non-hydrogen) atoms. The third-order valence-corrected chi connectivity index (χ3v) is 4.06. The van der Waals surface area contributed by atoms with Crippen LogP contribution in [0.1, 0.15) is 32.6 Å². The van der Waals surface area contributed by atoms with Gasteiger partial charge in [-0.2, -0.15) is 0 Å². The van der Waals surface area contributed by atoms with E-state index < -0.39 is 72.6 Å². The lowest BCUT2D eigenvalue weighted by molar-refractivity contribution is -0.144. The van der Waals surface area contributed by atoms with Crippen molar-refractivity contribution >= 4 is 41.6 Å². The van der Waals surface area contributed by atoms with Crippen molar-refractivity contribution in [3.05, 3.63) is 0 Å². The average molecular weight is 475 g/mol. The first-order valence-corrected chi connectivity index (χ1v) is 9.63. The Balaban J connectivity index is 5.28. The van der Waals surface area contributed by atoms with Crippen molar-refractivity contribution in [1.82, 2.24) is 16.0 Å². The van der Waals surface area contributed by atoms with Gasteiger partial charge < -0.3 is 48.5 Å². The fraction of sp³-hybridized carbons (Fsp3) is 0.588. The minimum atomic E-state index is -1.74. The van der Waals surface area contributed by atoms with Crippen molar-refractivity contribution in [2.24, 2.45) is 22.2 Å². The number of amides is 3. The molecule has 0 rings (SSSR count). The van der Waals surface area contributed by atoms with Gasteiger partial charge in [0.05, 0.1) is 18.9 Å². The Bertz CT molecular complexity index is 783. The van der Waals surface area contributed by atoms with E-state index in [1.807, 2.05) is 10.6 Å². The summed E-state index contributed by atoms with van der Waals surface area (Å²) in [4.78, 5) is 73.7. The third kappa shape index (κ3) is 12.5. The second-order valence-corrected chi connectivity index (χ2v) is 6.94. The van der Waals surface area contributed by atoms with Gasteiger partial charge >= 0.3 is 17.9 Å². The van der Waals surface area contributed by atoms with Gasteiger partial charge in [-0.25, -0.2) is 0 Å². The lowest BCUT2D eigenvalue weighted by Gasteiger charge is -2.23. The van der Waals surface area contributed by atoms with E-state index in [2.05, 4.69) is 10.3 Å². The molecule has 186 valence electrons. The number of carboxylic acid groups (broad SMARTS) is 3. The Morgan fingerprint density at radius 3 is 1.70 bits per heavy atom. The van der Waals surface area contributed by atoms with Gasteiger partial charge in [-0.15, -0.1) is 0 Å². The molecule has 0 fully saturated rings. The van der Waals surface area contributed by atoms with Gasteiger partial charge in [0.15, 0.2) is 5.96 Å². The summed E-state index contributed by atoms with van der Waals surface area (Å²) in [5.74, 6) is -7.71. The summed E-state index contributed by atoms with van der Waals surface area (Å²) < 4.78 is 0. The van der Waals surface area contributed by atoms with Crippen molar-refractivity contribution in [3.63, 3.8) is 0 Å².